The van der Waals surface area contributed by atoms with Crippen LogP contribution in [0.3, 0.4) is 0 Å². The summed E-state index contributed by atoms with van der Waals surface area (Å²) in [7, 11) is 3.62. The molecule has 0 atom stereocenters. The lowest BCUT2D eigenvalue weighted by atomic mass is 10.3. The predicted octanol–water partition coefficient (Wildman–Crippen LogP) is 1.44. The first kappa shape index (κ1) is 13.3. The highest BCUT2D eigenvalue weighted by molar-refractivity contribution is 7.10. The van der Waals surface area contributed by atoms with Crippen molar-refractivity contribution in [2.45, 2.75) is 26.4 Å². The van der Waals surface area contributed by atoms with Crippen LogP contribution in [0.4, 0.5) is 5.00 Å². The van der Waals surface area contributed by atoms with Crippen molar-refractivity contribution in [2.75, 3.05) is 32.6 Å². The third-order valence-electron chi connectivity index (χ3n) is 2.45. The van der Waals surface area contributed by atoms with Crippen molar-refractivity contribution in [2.24, 2.45) is 0 Å². The fourth-order valence-corrected chi connectivity index (χ4v) is 1.95. The van der Waals surface area contributed by atoms with Crippen molar-refractivity contribution in [1.29, 1.82) is 0 Å². The summed E-state index contributed by atoms with van der Waals surface area (Å²) < 4.78 is 9.06. The molecule has 0 amide bonds. The molecule has 0 saturated carbocycles. The minimum atomic E-state index is 0.474. The maximum Gasteiger partial charge on any atom is 0.134 e. The quantitative estimate of drug-likeness (QED) is 0.786. The zero-order valence-electron chi connectivity index (χ0n) is 10.4. The van der Waals surface area contributed by atoms with Gasteiger partial charge in [0.2, 0.25) is 0 Å². The van der Waals surface area contributed by atoms with E-state index in [1.807, 2.05) is 7.05 Å². The Morgan fingerprint density at radius 1 is 1.50 bits per heavy atom. The molecule has 0 saturated heterocycles. The highest BCUT2D eigenvalue weighted by Crippen LogP contribution is 2.19. The highest BCUT2D eigenvalue weighted by Gasteiger charge is 2.14. The Kier molecular flexibility index (Phi) is 5.65. The number of hydrogen-bond acceptors (Lipinski definition) is 6. The Bertz CT molecular complexity index is 303. The molecule has 1 aromatic heterocycles. The van der Waals surface area contributed by atoms with Crippen LogP contribution in [-0.2, 0) is 11.3 Å². The van der Waals surface area contributed by atoms with Crippen molar-refractivity contribution >= 4 is 16.5 Å². The zero-order chi connectivity index (χ0) is 12.0. The van der Waals surface area contributed by atoms with Gasteiger partial charge in [-0.3, -0.25) is 4.90 Å². The zero-order valence-corrected chi connectivity index (χ0v) is 11.2. The molecule has 92 valence electrons. The van der Waals surface area contributed by atoms with Crippen LogP contribution in [0.1, 0.15) is 19.5 Å². The van der Waals surface area contributed by atoms with Gasteiger partial charge in [-0.25, -0.2) is 0 Å². The van der Waals surface area contributed by atoms with Crippen LogP contribution in [0.25, 0.3) is 0 Å². The Morgan fingerprint density at radius 2 is 2.25 bits per heavy atom. The van der Waals surface area contributed by atoms with E-state index in [0.717, 1.165) is 30.4 Å². The van der Waals surface area contributed by atoms with Crippen molar-refractivity contribution in [3.8, 4) is 0 Å². The van der Waals surface area contributed by atoms with Crippen LogP contribution < -0.4 is 5.32 Å². The summed E-state index contributed by atoms with van der Waals surface area (Å²) >= 11 is 1.40. The number of methoxy groups -OCH3 is 1. The fraction of sp³-hybridized carbons (Fsp3) is 0.800. The maximum absolute atomic E-state index is 5.11. The molecular formula is C10H20N4OS. The molecule has 0 aliphatic rings. The smallest absolute Gasteiger partial charge is 0.134 e. The lowest BCUT2D eigenvalue weighted by Gasteiger charge is -2.25. The third kappa shape index (κ3) is 3.70. The van der Waals surface area contributed by atoms with Crippen LogP contribution >= 0.6 is 11.5 Å². The van der Waals surface area contributed by atoms with E-state index in [2.05, 4.69) is 33.7 Å². The summed E-state index contributed by atoms with van der Waals surface area (Å²) in [6.45, 7) is 6.82. The SMILES string of the molecule is CNc1snnc1CN(CCOC)C(C)C. The molecule has 16 heavy (non-hydrogen) atoms. The van der Waals surface area contributed by atoms with Crippen LogP contribution in [-0.4, -0.2) is 47.8 Å². The Hall–Kier alpha value is -0.720. The molecule has 1 aromatic rings. The minimum absolute atomic E-state index is 0.474. The van der Waals surface area contributed by atoms with E-state index < -0.39 is 0 Å². The van der Waals surface area contributed by atoms with Crippen LogP contribution in [0.2, 0.25) is 0 Å². The number of ether oxygens (including phenoxy) is 1. The van der Waals surface area contributed by atoms with Crippen molar-refractivity contribution in [3.05, 3.63) is 5.69 Å². The van der Waals surface area contributed by atoms with Gasteiger partial charge in [0.05, 0.1) is 6.61 Å². The maximum atomic E-state index is 5.11. The molecule has 0 aromatic carbocycles. The first-order valence-corrected chi connectivity index (χ1v) is 6.18. The van der Waals surface area contributed by atoms with Gasteiger partial charge in [-0.15, -0.1) is 5.10 Å². The van der Waals surface area contributed by atoms with Gasteiger partial charge in [0.15, 0.2) is 0 Å². The highest BCUT2D eigenvalue weighted by atomic mass is 32.1. The monoisotopic (exact) mass is 244 g/mol. The second-order valence-electron chi connectivity index (χ2n) is 3.86. The molecule has 6 heteroatoms. The molecule has 0 aliphatic heterocycles. The first-order valence-electron chi connectivity index (χ1n) is 5.41. The fourth-order valence-electron chi connectivity index (χ4n) is 1.42. The molecule has 0 bridgehead atoms. The summed E-state index contributed by atoms with van der Waals surface area (Å²) in [4.78, 5) is 2.32. The molecule has 0 aliphatic carbocycles. The lowest BCUT2D eigenvalue weighted by molar-refractivity contribution is 0.124. The van der Waals surface area contributed by atoms with Crippen molar-refractivity contribution in [1.82, 2.24) is 14.5 Å². The molecule has 0 fully saturated rings. The second-order valence-corrected chi connectivity index (χ2v) is 4.61. The second kappa shape index (κ2) is 6.78. The van der Waals surface area contributed by atoms with E-state index in [9.17, 15) is 0 Å². The molecule has 0 radical (unpaired) electrons. The average Bonchev–Trinajstić information content (AvgIpc) is 2.70. The number of nitrogens with zero attached hydrogens (tertiary/aromatic N) is 3. The largest absolute Gasteiger partial charge is 0.383 e. The predicted molar refractivity (Wildman–Crippen MR) is 66.9 cm³/mol. The molecule has 0 spiro atoms. The van der Waals surface area contributed by atoms with E-state index in [1.54, 1.807) is 7.11 Å². The van der Waals surface area contributed by atoms with Gasteiger partial charge in [0.25, 0.3) is 0 Å². The Balaban J connectivity index is 2.60. The van der Waals surface area contributed by atoms with Gasteiger partial charge in [-0.05, 0) is 13.8 Å². The van der Waals surface area contributed by atoms with Crippen LogP contribution in [0.5, 0.6) is 0 Å². The molecule has 5 nitrogen and oxygen atoms in total. The van der Waals surface area contributed by atoms with Crippen LogP contribution in [0, 0.1) is 0 Å². The summed E-state index contributed by atoms with van der Waals surface area (Å²) in [6, 6.07) is 0.474. The van der Waals surface area contributed by atoms with E-state index in [0.29, 0.717) is 6.04 Å². The normalized spacial score (nSPS) is 11.4. The van der Waals surface area contributed by atoms with Gasteiger partial charge in [0.1, 0.15) is 10.7 Å². The van der Waals surface area contributed by atoms with Crippen LogP contribution in [0.15, 0.2) is 0 Å². The Labute approximate surface area is 101 Å². The topological polar surface area (TPSA) is 50.3 Å². The molecule has 1 rings (SSSR count). The van der Waals surface area contributed by atoms with Gasteiger partial charge in [0, 0.05) is 44.8 Å². The number of anilines is 1. The number of aromatic nitrogens is 2. The molecule has 1 N–H and O–H groups in total. The number of hydrogen-bond donors (Lipinski definition) is 1. The Morgan fingerprint density at radius 3 is 2.81 bits per heavy atom. The molecule has 0 unspecified atom stereocenters. The minimum Gasteiger partial charge on any atom is -0.383 e. The van der Waals surface area contributed by atoms with E-state index in [1.165, 1.54) is 11.5 Å². The van der Waals surface area contributed by atoms with Gasteiger partial charge in [-0.1, -0.05) is 4.49 Å². The molecular weight excluding hydrogens is 224 g/mol. The standard InChI is InChI=1S/C10H20N4OS/c1-8(2)14(5-6-15-4)7-9-10(11-3)16-13-12-9/h8,11H,5-7H2,1-4H3. The van der Waals surface area contributed by atoms with Gasteiger partial charge >= 0.3 is 0 Å². The molecule has 1 heterocycles. The third-order valence-corrected chi connectivity index (χ3v) is 3.23. The van der Waals surface area contributed by atoms with Crippen molar-refractivity contribution in [3.63, 3.8) is 0 Å². The van der Waals surface area contributed by atoms with E-state index in [-0.39, 0.29) is 0 Å². The summed E-state index contributed by atoms with van der Waals surface area (Å²) in [5, 5.41) is 8.30. The van der Waals surface area contributed by atoms with E-state index >= 15 is 0 Å². The average molecular weight is 244 g/mol. The summed E-state index contributed by atoms with van der Waals surface area (Å²) in [6.07, 6.45) is 0. The van der Waals surface area contributed by atoms with Gasteiger partial charge < -0.3 is 10.1 Å². The summed E-state index contributed by atoms with van der Waals surface area (Å²) in [5.74, 6) is 0. The van der Waals surface area contributed by atoms with Crippen molar-refractivity contribution < 1.29 is 4.74 Å². The lowest BCUT2D eigenvalue weighted by Crippen LogP contribution is -2.33. The van der Waals surface area contributed by atoms with Gasteiger partial charge in [-0.2, -0.15) is 0 Å². The van der Waals surface area contributed by atoms with E-state index in [4.69, 9.17) is 4.74 Å². The summed E-state index contributed by atoms with van der Waals surface area (Å²) in [5.41, 5.74) is 1.01. The number of rotatable bonds is 7. The number of nitrogens with one attached hydrogen (secondary N) is 1. The first-order chi connectivity index (χ1) is 7.69.